The van der Waals surface area contributed by atoms with Gasteiger partial charge < -0.3 is 14.5 Å². The molecule has 3 rings (SSSR count). The van der Waals surface area contributed by atoms with Crippen molar-refractivity contribution < 1.29 is 9.53 Å². The molecule has 0 unspecified atom stereocenters. The van der Waals surface area contributed by atoms with Gasteiger partial charge in [0.2, 0.25) is 0 Å². The van der Waals surface area contributed by atoms with E-state index in [0.29, 0.717) is 18.1 Å². The van der Waals surface area contributed by atoms with Crippen LogP contribution in [-0.4, -0.2) is 49.0 Å². The second kappa shape index (κ2) is 8.37. The summed E-state index contributed by atoms with van der Waals surface area (Å²) in [6.07, 6.45) is 0. The topological polar surface area (TPSA) is 32.8 Å². The third-order valence-electron chi connectivity index (χ3n) is 4.69. The van der Waals surface area contributed by atoms with Crippen molar-refractivity contribution in [3.05, 3.63) is 65.7 Å². The van der Waals surface area contributed by atoms with E-state index < -0.39 is 0 Å². The molecule has 0 radical (unpaired) electrons. The van der Waals surface area contributed by atoms with E-state index in [1.807, 2.05) is 47.4 Å². The minimum atomic E-state index is 0.0713. The fraction of sp³-hybridized carbons (Fsp3) is 0.409. The second-order valence-electron chi connectivity index (χ2n) is 7.42. The summed E-state index contributed by atoms with van der Waals surface area (Å²) in [5, 5.41) is 0. The molecule has 138 valence electrons. The highest BCUT2D eigenvalue weighted by Crippen LogP contribution is 2.27. The second-order valence-corrected chi connectivity index (χ2v) is 7.42. The third kappa shape index (κ3) is 4.44. The number of nitrogens with zero attached hydrogens (tertiary/aromatic N) is 2. The standard InChI is InChI=1S/C22H28N2O2/c1-17(2)16-26-20-11-7-10-19(14-20)22(25)24-13-12-23(3)15-21(24)18-8-5-4-6-9-18/h4-11,14,17,21H,12-13,15-16H2,1-3H3/t21-/m1/s1. The first-order valence-electron chi connectivity index (χ1n) is 9.32. The number of amides is 1. The fourth-order valence-electron chi connectivity index (χ4n) is 3.27. The predicted molar refractivity (Wildman–Crippen MR) is 104 cm³/mol. The molecule has 2 aromatic carbocycles. The lowest BCUT2D eigenvalue weighted by molar-refractivity contribution is 0.0497. The monoisotopic (exact) mass is 352 g/mol. The number of rotatable bonds is 5. The van der Waals surface area contributed by atoms with Gasteiger partial charge in [-0.2, -0.15) is 0 Å². The van der Waals surface area contributed by atoms with Crippen molar-refractivity contribution in [1.29, 1.82) is 0 Å². The third-order valence-corrected chi connectivity index (χ3v) is 4.69. The molecule has 1 amide bonds. The molecular formula is C22H28N2O2. The van der Waals surface area contributed by atoms with Crippen molar-refractivity contribution in [2.45, 2.75) is 19.9 Å². The molecule has 1 fully saturated rings. The van der Waals surface area contributed by atoms with E-state index in [0.717, 1.165) is 25.4 Å². The van der Waals surface area contributed by atoms with Crippen LogP contribution >= 0.6 is 0 Å². The van der Waals surface area contributed by atoms with Crippen LogP contribution in [0.4, 0.5) is 0 Å². The molecule has 1 aliphatic rings. The molecular weight excluding hydrogens is 324 g/mol. The molecule has 1 atom stereocenters. The summed E-state index contributed by atoms with van der Waals surface area (Å²) in [6, 6.07) is 17.9. The fourth-order valence-corrected chi connectivity index (χ4v) is 3.27. The Morgan fingerprint density at radius 3 is 2.62 bits per heavy atom. The molecule has 1 heterocycles. The van der Waals surface area contributed by atoms with Crippen LogP contribution < -0.4 is 4.74 Å². The molecule has 0 aliphatic carbocycles. The van der Waals surface area contributed by atoms with Crippen molar-refractivity contribution in [2.75, 3.05) is 33.3 Å². The largest absolute Gasteiger partial charge is 0.493 e. The molecule has 0 N–H and O–H groups in total. The molecule has 26 heavy (non-hydrogen) atoms. The van der Waals surface area contributed by atoms with E-state index in [4.69, 9.17) is 4.74 Å². The summed E-state index contributed by atoms with van der Waals surface area (Å²) < 4.78 is 5.80. The van der Waals surface area contributed by atoms with E-state index in [-0.39, 0.29) is 11.9 Å². The molecule has 0 bridgehead atoms. The lowest BCUT2D eigenvalue weighted by Crippen LogP contribution is -2.49. The van der Waals surface area contributed by atoms with Crippen molar-refractivity contribution in [1.82, 2.24) is 9.80 Å². The Hall–Kier alpha value is -2.33. The van der Waals surface area contributed by atoms with Gasteiger partial charge in [-0.25, -0.2) is 0 Å². The zero-order chi connectivity index (χ0) is 18.5. The minimum absolute atomic E-state index is 0.0713. The molecule has 0 saturated carbocycles. The lowest BCUT2D eigenvalue weighted by Gasteiger charge is -2.40. The molecule has 1 aliphatic heterocycles. The number of carbonyl (C=O) groups is 1. The van der Waals surface area contributed by atoms with Gasteiger partial charge in [-0.05, 0) is 36.7 Å². The van der Waals surface area contributed by atoms with E-state index in [1.54, 1.807) is 0 Å². The van der Waals surface area contributed by atoms with Gasteiger partial charge in [-0.3, -0.25) is 4.79 Å². The highest BCUT2D eigenvalue weighted by atomic mass is 16.5. The van der Waals surface area contributed by atoms with Crippen molar-refractivity contribution in [2.24, 2.45) is 5.92 Å². The van der Waals surface area contributed by atoms with Crippen LogP contribution in [0, 0.1) is 5.92 Å². The Morgan fingerprint density at radius 1 is 1.12 bits per heavy atom. The molecule has 2 aromatic rings. The van der Waals surface area contributed by atoms with Crippen LogP contribution in [0.3, 0.4) is 0 Å². The Labute approximate surface area is 156 Å². The first-order chi connectivity index (χ1) is 12.5. The van der Waals surface area contributed by atoms with E-state index in [9.17, 15) is 4.79 Å². The maximum atomic E-state index is 13.2. The smallest absolute Gasteiger partial charge is 0.254 e. The van der Waals surface area contributed by atoms with Gasteiger partial charge in [0.05, 0.1) is 12.6 Å². The van der Waals surface area contributed by atoms with Gasteiger partial charge in [0, 0.05) is 25.2 Å². The average Bonchev–Trinajstić information content (AvgIpc) is 2.66. The predicted octanol–water partition coefficient (Wildman–Crippen LogP) is 3.85. The van der Waals surface area contributed by atoms with Crippen molar-refractivity contribution in [3.8, 4) is 5.75 Å². The summed E-state index contributed by atoms with van der Waals surface area (Å²) in [5.74, 6) is 1.28. The summed E-state index contributed by atoms with van der Waals surface area (Å²) in [4.78, 5) is 17.5. The first kappa shape index (κ1) is 18.5. The van der Waals surface area contributed by atoms with Crippen molar-refractivity contribution in [3.63, 3.8) is 0 Å². The number of carbonyl (C=O) groups excluding carboxylic acids is 1. The van der Waals surface area contributed by atoms with Gasteiger partial charge in [0.25, 0.3) is 5.91 Å². The number of ether oxygens (including phenoxy) is 1. The van der Waals surface area contributed by atoms with Crippen LogP contribution in [0.2, 0.25) is 0 Å². The minimum Gasteiger partial charge on any atom is -0.493 e. The van der Waals surface area contributed by atoms with E-state index in [1.165, 1.54) is 5.56 Å². The highest BCUT2D eigenvalue weighted by molar-refractivity contribution is 5.95. The first-order valence-corrected chi connectivity index (χ1v) is 9.32. The Morgan fingerprint density at radius 2 is 1.88 bits per heavy atom. The Balaban J connectivity index is 1.82. The number of hydrogen-bond acceptors (Lipinski definition) is 3. The molecule has 1 saturated heterocycles. The Kier molecular flexibility index (Phi) is 5.94. The number of benzene rings is 2. The molecule has 4 nitrogen and oxygen atoms in total. The van der Waals surface area contributed by atoms with Crippen molar-refractivity contribution >= 4 is 5.91 Å². The maximum Gasteiger partial charge on any atom is 0.254 e. The highest BCUT2D eigenvalue weighted by Gasteiger charge is 2.30. The van der Waals surface area contributed by atoms with Gasteiger partial charge in [0.1, 0.15) is 5.75 Å². The zero-order valence-corrected chi connectivity index (χ0v) is 15.9. The van der Waals surface area contributed by atoms with Gasteiger partial charge in [-0.1, -0.05) is 50.2 Å². The number of hydrogen-bond donors (Lipinski definition) is 0. The average molecular weight is 352 g/mol. The van der Waals surface area contributed by atoms with Crippen LogP contribution in [0.1, 0.15) is 35.8 Å². The quantitative estimate of drug-likeness (QED) is 0.819. The van der Waals surface area contributed by atoms with Crippen LogP contribution in [0.25, 0.3) is 0 Å². The SMILES string of the molecule is CC(C)COc1cccc(C(=O)N2CCN(C)C[C@@H]2c2ccccc2)c1. The summed E-state index contributed by atoms with van der Waals surface area (Å²) >= 11 is 0. The van der Waals surface area contributed by atoms with Gasteiger partial charge >= 0.3 is 0 Å². The number of piperazine rings is 1. The van der Waals surface area contributed by atoms with E-state index in [2.05, 4.69) is 37.9 Å². The van der Waals surface area contributed by atoms with Crippen LogP contribution in [0.5, 0.6) is 5.75 Å². The number of likely N-dealkylation sites (N-methyl/N-ethyl adjacent to an activating group) is 1. The normalized spacial score (nSPS) is 18.2. The summed E-state index contributed by atoms with van der Waals surface area (Å²) in [5.41, 5.74) is 1.87. The molecule has 4 heteroatoms. The van der Waals surface area contributed by atoms with Gasteiger partial charge in [-0.15, -0.1) is 0 Å². The summed E-state index contributed by atoms with van der Waals surface area (Å²) in [6.45, 7) is 7.34. The zero-order valence-electron chi connectivity index (χ0n) is 15.9. The lowest BCUT2D eigenvalue weighted by atomic mass is 10.0. The van der Waals surface area contributed by atoms with E-state index >= 15 is 0 Å². The molecule has 0 aromatic heterocycles. The molecule has 0 spiro atoms. The van der Waals surface area contributed by atoms with Gasteiger partial charge in [0.15, 0.2) is 0 Å². The van der Waals surface area contributed by atoms with Crippen LogP contribution in [0.15, 0.2) is 54.6 Å². The summed E-state index contributed by atoms with van der Waals surface area (Å²) in [7, 11) is 2.11. The Bertz CT molecular complexity index is 730. The maximum absolute atomic E-state index is 13.2. The van der Waals surface area contributed by atoms with Crippen LogP contribution in [-0.2, 0) is 0 Å².